The maximum absolute atomic E-state index is 12.7. The highest BCUT2D eigenvalue weighted by Crippen LogP contribution is 2.25. The molecule has 3 aromatic carbocycles. The third kappa shape index (κ3) is 5.02. The van der Waals surface area contributed by atoms with Gasteiger partial charge in [-0.25, -0.2) is 0 Å². The van der Waals surface area contributed by atoms with Crippen molar-refractivity contribution in [2.75, 3.05) is 10.6 Å². The molecule has 0 bridgehead atoms. The number of rotatable bonds is 4. The summed E-state index contributed by atoms with van der Waals surface area (Å²) in [6.07, 6.45) is 0. The molecule has 3 aromatic rings. The topological polar surface area (TPSA) is 78.4 Å². The molecule has 0 heterocycles. The Morgan fingerprint density at radius 2 is 1.28 bits per heavy atom. The summed E-state index contributed by atoms with van der Waals surface area (Å²) in [4.78, 5) is 25.1. The van der Waals surface area contributed by atoms with Gasteiger partial charge in [-0.1, -0.05) is 51.1 Å². The number of para-hydroxylation sites is 2. The molecule has 0 aliphatic rings. The number of phenols is 1. The molecule has 0 saturated heterocycles. The molecule has 0 atom stereocenters. The van der Waals surface area contributed by atoms with Crippen LogP contribution in [0.15, 0.2) is 72.8 Å². The van der Waals surface area contributed by atoms with E-state index in [1.807, 2.05) is 12.1 Å². The summed E-state index contributed by atoms with van der Waals surface area (Å²) < 4.78 is 0. The molecule has 0 saturated carbocycles. The molecule has 29 heavy (non-hydrogen) atoms. The number of benzene rings is 3. The minimum Gasteiger partial charge on any atom is -0.508 e. The van der Waals surface area contributed by atoms with E-state index in [1.54, 1.807) is 48.5 Å². The fourth-order valence-corrected chi connectivity index (χ4v) is 2.86. The summed E-state index contributed by atoms with van der Waals surface area (Å²) in [5, 5.41) is 15.2. The molecule has 5 heteroatoms. The summed E-state index contributed by atoms with van der Waals surface area (Å²) in [6.45, 7) is 6.36. The van der Waals surface area contributed by atoms with Crippen LogP contribution in [0, 0.1) is 0 Å². The van der Waals surface area contributed by atoms with E-state index in [9.17, 15) is 14.7 Å². The first-order valence-corrected chi connectivity index (χ1v) is 9.35. The molecule has 0 aromatic heterocycles. The lowest BCUT2D eigenvalue weighted by atomic mass is 9.87. The maximum Gasteiger partial charge on any atom is 0.255 e. The molecule has 0 radical (unpaired) electrons. The number of hydrogen-bond donors (Lipinski definition) is 3. The quantitative estimate of drug-likeness (QED) is 0.575. The molecule has 148 valence electrons. The molecule has 0 spiro atoms. The van der Waals surface area contributed by atoms with Gasteiger partial charge in [0.25, 0.3) is 11.8 Å². The zero-order valence-electron chi connectivity index (χ0n) is 16.7. The van der Waals surface area contributed by atoms with Crippen molar-refractivity contribution < 1.29 is 14.7 Å². The van der Waals surface area contributed by atoms with Gasteiger partial charge in [-0.05, 0) is 53.4 Å². The molecule has 5 nitrogen and oxygen atoms in total. The molecule has 0 aliphatic heterocycles. The van der Waals surface area contributed by atoms with Crippen molar-refractivity contribution in [2.45, 2.75) is 26.2 Å². The Morgan fingerprint density at radius 1 is 0.724 bits per heavy atom. The van der Waals surface area contributed by atoms with Gasteiger partial charge in [0.2, 0.25) is 0 Å². The predicted octanol–water partition coefficient (Wildman–Crippen LogP) is 5.19. The van der Waals surface area contributed by atoms with Crippen LogP contribution in [0.1, 0.15) is 47.1 Å². The van der Waals surface area contributed by atoms with E-state index in [1.165, 1.54) is 12.1 Å². The lowest BCUT2D eigenvalue weighted by Gasteiger charge is -2.19. The Bertz CT molecular complexity index is 1030. The van der Waals surface area contributed by atoms with Crippen LogP contribution in [0.25, 0.3) is 0 Å². The Morgan fingerprint density at radius 3 is 1.79 bits per heavy atom. The van der Waals surface area contributed by atoms with Crippen molar-refractivity contribution >= 4 is 23.2 Å². The first-order chi connectivity index (χ1) is 13.7. The van der Waals surface area contributed by atoms with E-state index in [-0.39, 0.29) is 23.0 Å². The smallest absolute Gasteiger partial charge is 0.255 e. The third-order valence-corrected chi connectivity index (χ3v) is 4.54. The summed E-state index contributed by atoms with van der Waals surface area (Å²) in [5.41, 5.74) is 2.98. The van der Waals surface area contributed by atoms with Crippen molar-refractivity contribution in [2.24, 2.45) is 0 Å². The lowest BCUT2D eigenvalue weighted by Crippen LogP contribution is -2.17. The zero-order chi connectivity index (χ0) is 21.0. The van der Waals surface area contributed by atoms with Crippen molar-refractivity contribution in [1.29, 1.82) is 0 Å². The van der Waals surface area contributed by atoms with E-state index in [4.69, 9.17) is 0 Å². The second-order valence-electron chi connectivity index (χ2n) is 7.83. The van der Waals surface area contributed by atoms with Gasteiger partial charge in [0, 0.05) is 11.1 Å². The second kappa shape index (κ2) is 8.19. The van der Waals surface area contributed by atoms with Crippen LogP contribution < -0.4 is 10.6 Å². The highest BCUT2D eigenvalue weighted by molar-refractivity contribution is 6.10. The normalized spacial score (nSPS) is 11.0. The highest BCUT2D eigenvalue weighted by Gasteiger charge is 2.15. The highest BCUT2D eigenvalue weighted by atomic mass is 16.3. The molecular formula is C24H24N2O3. The predicted molar refractivity (Wildman–Crippen MR) is 116 cm³/mol. The monoisotopic (exact) mass is 388 g/mol. The van der Waals surface area contributed by atoms with Gasteiger partial charge >= 0.3 is 0 Å². The SMILES string of the molecule is CC(C)(C)c1ccc(C(=O)Nc2ccccc2NC(=O)c2cccc(O)c2)cc1. The van der Waals surface area contributed by atoms with E-state index in [2.05, 4.69) is 31.4 Å². The summed E-state index contributed by atoms with van der Waals surface area (Å²) in [6, 6.07) is 20.5. The van der Waals surface area contributed by atoms with E-state index in [0.29, 0.717) is 22.5 Å². The molecule has 0 fully saturated rings. The summed E-state index contributed by atoms with van der Waals surface area (Å²) in [7, 11) is 0. The average molecular weight is 388 g/mol. The number of phenolic OH excluding ortho intramolecular Hbond substituents is 1. The molecular weight excluding hydrogens is 364 g/mol. The van der Waals surface area contributed by atoms with Gasteiger partial charge in [-0.2, -0.15) is 0 Å². The standard InChI is InChI=1S/C24H24N2O3/c1-24(2,3)18-13-11-16(12-14-18)22(28)25-20-9-4-5-10-21(20)26-23(29)17-7-6-8-19(27)15-17/h4-15,27H,1-3H3,(H,25,28)(H,26,29). The fourth-order valence-electron chi connectivity index (χ4n) is 2.86. The minimum absolute atomic E-state index is 0.0117. The molecule has 0 unspecified atom stereocenters. The van der Waals surface area contributed by atoms with Gasteiger partial charge < -0.3 is 15.7 Å². The first-order valence-electron chi connectivity index (χ1n) is 9.35. The van der Waals surface area contributed by atoms with Crippen LogP contribution in [0.4, 0.5) is 11.4 Å². The molecule has 3 N–H and O–H groups in total. The van der Waals surface area contributed by atoms with E-state index in [0.717, 1.165) is 5.56 Å². The zero-order valence-corrected chi connectivity index (χ0v) is 16.7. The Labute approximate surface area is 170 Å². The lowest BCUT2D eigenvalue weighted by molar-refractivity contribution is 0.101. The van der Waals surface area contributed by atoms with Gasteiger partial charge in [0.15, 0.2) is 0 Å². The Balaban J connectivity index is 1.76. The van der Waals surface area contributed by atoms with Crippen LogP contribution in [-0.4, -0.2) is 16.9 Å². The Hall–Kier alpha value is -3.60. The molecule has 0 aliphatic carbocycles. The number of nitrogens with one attached hydrogen (secondary N) is 2. The molecule has 2 amide bonds. The number of hydrogen-bond acceptors (Lipinski definition) is 3. The minimum atomic E-state index is -0.378. The van der Waals surface area contributed by atoms with Crippen LogP contribution in [0.2, 0.25) is 0 Å². The molecule has 3 rings (SSSR count). The number of carbonyl (C=O) groups is 2. The van der Waals surface area contributed by atoms with Crippen molar-refractivity contribution in [3.63, 3.8) is 0 Å². The van der Waals surface area contributed by atoms with Gasteiger partial charge in [-0.15, -0.1) is 0 Å². The van der Waals surface area contributed by atoms with Crippen LogP contribution in [0.5, 0.6) is 5.75 Å². The number of aromatic hydroxyl groups is 1. The second-order valence-corrected chi connectivity index (χ2v) is 7.83. The number of anilines is 2. The van der Waals surface area contributed by atoms with Crippen molar-refractivity contribution in [1.82, 2.24) is 0 Å². The van der Waals surface area contributed by atoms with Gasteiger partial charge in [0.1, 0.15) is 5.75 Å². The number of amides is 2. The van der Waals surface area contributed by atoms with Crippen LogP contribution in [0.3, 0.4) is 0 Å². The van der Waals surface area contributed by atoms with Gasteiger partial charge in [-0.3, -0.25) is 9.59 Å². The summed E-state index contributed by atoms with van der Waals surface area (Å²) >= 11 is 0. The third-order valence-electron chi connectivity index (χ3n) is 4.54. The largest absolute Gasteiger partial charge is 0.508 e. The van der Waals surface area contributed by atoms with Gasteiger partial charge in [0.05, 0.1) is 11.4 Å². The van der Waals surface area contributed by atoms with E-state index >= 15 is 0 Å². The first kappa shape index (κ1) is 20.1. The fraction of sp³-hybridized carbons (Fsp3) is 0.167. The van der Waals surface area contributed by atoms with Crippen LogP contribution >= 0.6 is 0 Å². The maximum atomic E-state index is 12.7. The average Bonchev–Trinajstić information content (AvgIpc) is 2.69. The Kier molecular flexibility index (Phi) is 5.69. The van der Waals surface area contributed by atoms with E-state index < -0.39 is 0 Å². The summed E-state index contributed by atoms with van der Waals surface area (Å²) in [5.74, 6) is -0.625. The van der Waals surface area contributed by atoms with Crippen molar-refractivity contribution in [3.8, 4) is 5.75 Å². The van der Waals surface area contributed by atoms with Crippen LogP contribution in [-0.2, 0) is 5.41 Å². The number of carbonyl (C=O) groups excluding carboxylic acids is 2. The van der Waals surface area contributed by atoms with Crippen molar-refractivity contribution in [3.05, 3.63) is 89.5 Å².